The van der Waals surface area contributed by atoms with E-state index in [1.54, 1.807) is 0 Å². The summed E-state index contributed by atoms with van der Waals surface area (Å²) in [7, 11) is -3.80. The summed E-state index contributed by atoms with van der Waals surface area (Å²) in [6, 6.07) is 0. The third-order valence-electron chi connectivity index (χ3n) is 1.64. The van der Waals surface area contributed by atoms with E-state index in [0.29, 0.717) is 6.42 Å². The molecule has 0 aliphatic carbocycles. The van der Waals surface area contributed by atoms with Crippen LogP contribution in [0.5, 0.6) is 0 Å². The zero-order valence-corrected chi connectivity index (χ0v) is 9.04. The molecule has 0 saturated carbocycles. The molecule has 0 fully saturated rings. The molecule has 0 aliphatic rings. The molecule has 0 radical (unpaired) electrons. The highest BCUT2D eigenvalue weighted by Gasteiger charge is 2.20. The largest absolute Gasteiger partial charge is 0.481 e. The molecule has 0 aliphatic heterocycles. The van der Waals surface area contributed by atoms with Crippen molar-refractivity contribution in [2.24, 2.45) is 17.0 Å². The molecule has 84 valence electrons. The van der Waals surface area contributed by atoms with E-state index in [0.717, 1.165) is 0 Å². The number of carboxylic acids is 1. The van der Waals surface area contributed by atoms with E-state index < -0.39 is 22.1 Å². The van der Waals surface area contributed by atoms with Crippen LogP contribution in [0.3, 0.4) is 0 Å². The van der Waals surface area contributed by atoms with Gasteiger partial charge in [0.1, 0.15) is 0 Å². The standard InChI is InChI=1S/C7H16N2O4S/c1-5(2)3-6(7(10)11)4-9-14(8,12)13/h5-6,9H,3-4H2,1-2H3,(H,10,11)(H2,8,12,13). The SMILES string of the molecule is CC(C)CC(CNS(N)(=O)=O)C(=O)O. The van der Waals surface area contributed by atoms with Gasteiger partial charge < -0.3 is 5.11 Å². The summed E-state index contributed by atoms with van der Waals surface area (Å²) in [5.41, 5.74) is 0. The minimum absolute atomic E-state index is 0.160. The molecule has 0 aromatic rings. The molecular formula is C7H16N2O4S. The number of hydrogen-bond donors (Lipinski definition) is 3. The number of carbonyl (C=O) groups is 1. The molecule has 7 heteroatoms. The average Bonchev–Trinajstić information content (AvgIpc) is 1.94. The fourth-order valence-electron chi connectivity index (χ4n) is 1.06. The maximum absolute atomic E-state index is 10.7. The molecule has 0 bridgehead atoms. The van der Waals surface area contributed by atoms with Crippen LogP contribution < -0.4 is 9.86 Å². The van der Waals surface area contributed by atoms with Gasteiger partial charge >= 0.3 is 5.97 Å². The van der Waals surface area contributed by atoms with Crippen molar-refractivity contribution in [2.75, 3.05) is 6.54 Å². The molecule has 0 heterocycles. The van der Waals surface area contributed by atoms with Crippen LogP contribution >= 0.6 is 0 Å². The minimum atomic E-state index is -3.80. The maximum Gasteiger partial charge on any atom is 0.307 e. The van der Waals surface area contributed by atoms with Crippen molar-refractivity contribution in [1.29, 1.82) is 0 Å². The Kier molecular flexibility index (Phi) is 5.03. The molecule has 6 nitrogen and oxygen atoms in total. The first-order valence-electron chi connectivity index (χ1n) is 4.22. The van der Waals surface area contributed by atoms with Crippen LogP contribution in [0.1, 0.15) is 20.3 Å². The summed E-state index contributed by atoms with van der Waals surface area (Å²) in [6.07, 6.45) is 0.415. The quantitative estimate of drug-likeness (QED) is 0.566. The Labute approximate surface area is 83.7 Å². The van der Waals surface area contributed by atoms with E-state index in [4.69, 9.17) is 5.11 Å². The Morgan fingerprint density at radius 3 is 2.29 bits per heavy atom. The zero-order valence-electron chi connectivity index (χ0n) is 8.23. The highest BCUT2D eigenvalue weighted by molar-refractivity contribution is 7.87. The number of rotatable bonds is 6. The lowest BCUT2D eigenvalue weighted by atomic mass is 9.98. The second kappa shape index (κ2) is 5.28. The third-order valence-corrected chi connectivity index (χ3v) is 2.21. The van der Waals surface area contributed by atoms with Crippen LogP contribution in [0.2, 0.25) is 0 Å². The van der Waals surface area contributed by atoms with Crippen LogP contribution in [-0.4, -0.2) is 26.0 Å². The molecule has 0 rings (SSSR count). The van der Waals surface area contributed by atoms with Crippen LogP contribution in [0.25, 0.3) is 0 Å². The van der Waals surface area contributed by atoms with Crippen LogP contribution in [0.15, 0.2) is 0 Å². The first-order valence-corrected chi connectivity index (χ1v) is 5.77. The highest BCUT2D eigenvalue weighted by Crippen LogP contribution is 2.11. The Morgan fingerprint density at radius 1 is 1.50 bits per heavy atom. The first kappa shape index (κ1) is 13.3. The van der Waals surface area contributed by atoms with E-state index >= 15 is 0 Å². The monoisotopic (exact) mass is 224 g/mol. The van der Waals surface area contributed by atoms with Crippen molar-refractivity contribution >= 4 is 16.2 Å². The summed E-state index contributed by atoms with van der Waals surface area (Å²) in [4.78, 5) is 10.7. The second-order valence-corrected chi connectivity index (χ2v) is 4.94. The fraction of sp³-hybridized carbons (Fsp3) is 0.857. The van der Waals surface area contributed by atoms with Gasteiger partial charge in [-0.25, -0.2) is 9.86 Å². The molecule has 0 aromatic heterocycles. The molecule has 1 unspecified atom stereocenters. The van der Waals surface area contributed by atoms with E-state index in [2.05, 4.69) is 5.14 Å². The Morgan fingerprint density at radius 2 is 2.00 bits per heavy atom. The van der Waals surface area contributed by atoms with Gasteiger partial charge in [0.25, 0.3) is 10.2 Å². The summed E-state index contributed by atoms with van der Waals surface area (Å²) in [5, 5.41) is 13.4. The molecule has 0 amide bonds. The predicted molar refractivity (Wildman–Crippen MR) is 51.7 cm³/mol. The second-order valence-electron chi connectivity index (χ2n) is 3.56. The van der Waals surface area contributed by atoms with Crippen molar-refractivity contribution in [1.82, 2.24) is 4.72 Å². The Balaban J connectivity index is 4.18. The highest BCUT2D eigenvalue weighted by atomic mass is 32.2. The smallest absolute Gasteiger partial charge is 0.307 e. The van der Waals surface area contributed by atoms with Gasteiger partial charge in [-0.2, -0.15) is 8.42 Å². The first-order chi connectivity index (χ1) is 6.22. The zero-order chi connectivity index (χ0) is 11.4. The number of carboxylic acid groups (broad SMARTS) is 1. The molecule has 1 atom stereocenters. The van der Waals surface area contributed by atoms with Gasteiger partial charge in [-0.05, 0) is 12.3 Å². The van der Waals surface area contributed by atoms with Gasteiger partial charge in [-0.1, -0.05) is 13.8 Å². The molecule has 0 spiro atoms. The average molecular weight is 224 g/mol. The van der Waals surface area contributed by atoms with Crippen molar-refractivity contribution in [3.05, 3.63) is 0 Å². The minimum Gasteiger partial charge on any atom is -0.481 e. The predicted octanol–water partition coefficient (Wildman–Crippen LogP) is -0.474. The molecule has 0 saturated heterocycles. The topological polar surface area (TPSA) is 109 Å². The van der Waals surface area contributed by atoms with Gasteiger partial charge in [0.2, 0.25) is 0 Å². The third kappa shape index (κ3) is 6.81. The lowest BCUT2D eigenvalue weighted by Crippen LogP contribution is -2.37. The van der Waals surface area contributed by atoms with Gasteiger partial charge in [-0.3, -0.25) is 4.79 Å². The normalized spacial score (nSPS) is 14.3. The van der Waals surface area contributed by atoms with Crippen LogP contribution in [-0.2, 0) is 15.0 Å². The Hall–Kier alpha value is -0.660. The maximum atomic E-state index is 10.7. The summed E-state index contributed by atoms with van der Waals surface area (Å²) < 4.78 is 23.0. The number of aliphatic carboxylic acids is 1. The number of nitrogens with two attached hydrogens (primary N) is 1. The van der Waals surface area contributed by atoms with Gasteiger partial charge in [0.05, 0.1) is 5.92 Å². The van der Waals surface area contributed by atoms with E-state index in [1.807, 2.05) is 18.6 Å². The van der Waals surface area contributed by atoms with Gasteiger partial charge in [0.15, 0.2) is 0 Å². The van der Waals surface area contributed by atoms with Crippen molar-refractivity contribution in [3.63, 3.8) is 0 Å². The Bertz CT molecular complexity index is 286. The van der Waals surface area contributed by atoms with Crippen LogP contribution in [0, 0.1) is 11.8 Å². The number of nitrogens with one attached hydrogen (secondary N) is 1. The summed E-state index contributed by atoms with van der Waals surface area (Å²) in [6.45, 7) is 3.58. The lowest BCUT2D eigenvalue weighted by molar-refractivity contribution is -0.142. The molecule has 0 aromatic carbocycles. The van der Waals surface area contributed by atoms with Crippen molar-refractivity contribution < 1.29 is 18.3 Å². The van der Waals surface area contributed by atoms with Gasteiger partial charge in [-0.15, -0.1) is 0 Å². The molecular weight excluding hydrogens is 208 g/mol. The van der Waals surface area contributed by atoms with E-state index in [1.165, 1.54) is 0 Å². The van der Waals surface area contributed by atoms with E-state index in [-0.39, 0.29) is 12.5 Å². The molecule has 4 N–H and O–H groups in total. The van der Waals surface area contributed by atoms with Gasteiger partial charge in [0, 0.05) is 6.54 Å². The molecule has 14 heavy (non-hydrogen) atoms. The lowest BCUT2D eigenvalue weighted by Gasteiger charge is -2.14. The van der Waals surface area contributed by atoms with Crippen molar-refractivity contribution in [3.8, 4) is 0 Å². The fourth-order valence-corrected chi connectivity index (χ4v) is 1.49. The summed E-state index contributed by atoms with van der Waals surface area (Å²) >= 11 is 0. The number of hydrogen-bond acceptors (Lipinski definition) is 3. The summed E-state index contributed by atoms with van der Waals surface area (Å²) in [5.74, 6) is -1.55. The van der Waals surface area contributed by atoms with Crippen LogP contribution in [0.4, 0.5) is 0 Å². The van der Waals surface area contributed by atoms with E-state index in [9.17, 15) is 13.2 Å². The van der Waals surface area contributed by atoms with Crippen molar-refractivity contribution in [2.45, 2.75) is 20.3 Å².